The van der Waals surface area contributed by atoms with Crippen LogP contribution in [0.15, 0.2) is 52.3 Å². The van der Waals surface area contributed by atoms with E-state index in [0.717, 1.165) is 16.9 Å². The van der Waals surface area contributed by atoms with E-state index in [1.165, 1.54) is 17.8 Å². The van der Waals surface area contributed by atoms with Gasteiger partial charge in [-0.15, -0.1) is 0 Å². The summed E-state index contributed by atoms with van der Waals surface area (Å²) >= 11 is 1.32. The first-order chi connectivity index (χ1) is 13.2. The van der Waals surface area contributed by atoms with Gasteiger partial charge in [0.05, 0.1) is 9.82 Å². The van der Waals surface area contributed by atoms with E-state index in [-0.39, 0.29) is 23.1 Å². The molecule has 2 N–H and O–H groups in total. The molecule has 6 nitrogen and oxygen atoms in total. The molecule has 0 saturated carbocycles. The number of nitro benzene ring substituents is 1. The Bertz CT molecular complexity index is 896. The molecular formula is C21H25N3O3S. The highest BCUT2D eigenvalue weighted by atomic mass is 32.2. The van der Waals surface area contributed by atoms with Crippen LogP contribution in [-0.2, 0) is 0 Å². The predicted molar refractivity (Wildman–Crippen MR) is 111 cm³/mol. The Morgan fingerprint density at radius 1 is 1.25 bits per heavy atom. The number of nitrogens with two attached hydrogens (primary N) is 1. The van der Waals surface area contributed by atoms with Crippen LogP contribution >= 0.6 is 11.8 Å². The van der Waals surface area contributed by atoms with E-state index >= 15 is 0 Å². The molecule has 1 saturated heterocycles. The monoisotopic (exact) mass is 399 g/mol. The highest BCUT2D eigenvalue weighted by molar-refractivity contribution is 7.99. The van der Waals surface area contributed by atoms with Crippen LogP contribution in [-0.4, -0.2) is 34.9 Å². The molecule has 0 bridgehead atoms. The molecule has 2 aromatic rings. The third-order valence-corrected chi connectivity index (χ3v) is 6.32. The van der Waals surface area contributed by atoms with E-state index in [4.69, 9.17) is 5.73 Å². The van der Waals surface area contributed by atoms with Crippen molar-refractivity contribution < 1.29 is 9.72 Å². The van der Waals surface area contributed by atoms with Crippen LogP contribution in [0.4, 0.5) is 5.69 Å². The lowest BCUT2D eigenvalue weighted by Crippen LogP contribution is -2.54. The molecular weight excluding hydrogens is 374 g/mol. The van der Waals surface area contributed by atoms with Crippen molar-refractivity contribution in [2.45, 2.75) is 43.0 Å². The first-order valence-electron chi connectivity index (χ1n) is 9.25. The number of nitro groups is 1. The maximum atomic E-state index is 12.9. The third-order valence-electron chi connectivity index (χ3n) is 5.25. The summed E-state index contributed by atoms with van der Waals surface area (Å²) in [4.78, 5) is 27.3. The summed E-state index contributed by atoms with van der Waals surface area (Å²) in [5.41, 5.74) is 7.39. The van der Waals surface area contributed by atoms with Gasteiger partial charge in [-0.3, -0.25) is 14.9 Å². The fourth-order valence-corrected chi connectivity index (χ4v) is 4.24. The molecule has 1 aliphatic heterocycles. The Hall–Kier alpha value is -2.38. The minimum Gasteiger partial charge on any atom is -0.338 e. The smallest absolute Gasteiger partial charge is 0.284 e. The summed E-state index contributed by atoms with van der Waals surface area (Å²) in [7, 11) is 0. The maximum absolute atomic E-state index is 12.9. The third kappa shape index (κ3) is 4.36. The van der Waals surface area contributed by atoms with E-state index in [0.29, 0.717) is 23.5 Å². The number of nitrogens with zero attached hydrogens (tertiary/aromatic N) is 2. The number of rotatable bonds is 4. The zero-order valence-corrected chi connectivity index (χ0v) is 17.2. The fraction of sp³-hybridized carbons (Fsp3) is 0.381. The van der Waals surface area contributed by atoms with Crippen LogP contribution in [0.1, 0.15) is 36.2 Å². The molecule has 3 rings (SSSR count). The van der Waals surface area contributed by atoms with E-state index in [9.17, 15) is 14.9 Å². The largest absolute Gasteiger partial charge is 0.338 e. The van der Waals surface area contributed by atoms with E-state index in [2.05, 4.69) is 0 Å². The Kier molecular flexibility index (Phi) is 5.76. The van der Waals surface area contributed by atoms with Gasteiger partial charge in [-0.25, -0.2) is 0 Å². The number of amides is 1. The molecule has 2 aromatic carbocycles. The lowest BCUT2D eigenvalue weighted by molar-refractivity contribution is -0.387. The lowest BCUT2D eigenvalue weighted by atomic mass is 9.79. The molecule has 148 valence electrons. The molecule has 1 aliphatic rings. The van der Waals surface area contributed by atoms with Gasteiger partial charge in [0.15, 0.2) is 0 Å². The number of hydrogen-bond acceptors (Lipinski definition) is 5. The molecule has 1 amide bonds. The molecule has 1 fully saturated rings. The van der Waals surface area contributed by atoms with Crippen molar-refractivity contribution in [3.05, 3.63) is 63.7 Å². The van der Waals surface area contributed by atoms with Crippen molar-refractivity contribution in [3.8, 4) is 0 Å². The molecule has 0 spiro atoms. The SMILES string of the molecule is Cc1ccc(Sc2ccc(C(=O)N3CCC(N)C(C)(C)C3)cc2[N+](=O)[O-])cc1. The second-order valence-electron chi connectivity index (χ2n) is 7.97. The van der Waals surface area contributed by atoms with Crippen molar-refractivity contribution in [3.63, 3.8) is 0 Å². The van der Waals surface area contributed by atoms with Crippen molar-refractivity contribution in [2.75, 3.05) is 13.1 Å². The van der Waals surface area contributed by atoms with Crippen LogP contribution in [0.2, 0.25) is 0 Å². The second kappa shape index (κ2) is 7.93. The molecule has 0 aliphatic carbocycles. The van der Waals surface area contributed by atoms with Crippen LogP contribution < -0.4 is 5.73 Å². The van der Waals surface area contributed by atoms with Gasteiger partial charge in [-0.1, -0.05) is 43.3 Å². The summed E-state index contributed by atoms with van der Waals surface area (Å²) in [5, 5.41) is 11.6. The number of benzene rings is 2. The quantitative estimate of drug-likeness (QED) is 0.613. The number of hydrogen-bond donors (Lipinski definition) is 1. The van der Waals surface area contributed by atoms with Gasteiger partial charge in [0.25, 0.3) is 11.6 Å². The number of likely N-dealkylation sites (tertiary alicyclic amines) is 1. The summed E-state index contributed by atoms with van der Waals surface area (Å²) in [6.07, 6.45) is 0.724. The van der Waals surface area contributed by atoms with E-state index < -0.39 is 4.92 Å². The number of piperidine rings is 1. The Labute approximate surface area is 169 Å². The first kappa shape index (κ1) is 20.4. The molecule has 1 unspecified atom stereocenters. The second-order valence-corrected chi connectivity index (χ2v) is 9.08. The van der Waals surface area contributed by atoms with Crippen molar-refractivity contribution >= 4 is 23.4 Å². The predicted octanol–water partition coefficient (Wildman–Crippen LogP) is 4.25. The van der Waals surface area contributed by atoms with Crippen LogP contribution in [0.5, 0.6) is 0 Å². The average Bonchev–Trinajstić information content (AvgIpc) is 2.65. The van der Waals surface area contributed by atoms with Crippen LogP contribution in [0, 0.1) is 22.5 Å². The van der Waals surface area contributed by atoms with Crippen LogP contribution in [0.25, 0.3) is 0 Å². The molecule has 7 heteroatoms. The van der Waals surface area contributed by atoms with Gasteiger partial charge < -0.3 is 10.6 Å². The van der Waals surface area contributed by atoms with Gasteiger partial charge in [0.2, 0.25) is 0 Å². The summed E-state index contributed by atoms with van der Waals surface area (Å²) in [6, 6.07) is 12.6. The minimum absolute atomic E-state index is 0.0409. The molecule has 0 radical (unpaired) electrons. The summed E-state index contributed by atoms with van der Waals surface area (Å²) in [6.45, 7) is 7.19. The normalized spacial score (nSPS) is 18.7. The number of aryl methyl sites for hydroxylation is 1. The Morgan fingerprint density at radius 3 is 2.54 bits per heavy atom. The average molecular weight is 400 g/mol. The van der Waals surface area contributed by atoms with Gasteiger partial charge in [-0.2, -0.15) is 0 Å². The molecule has 0 aromatic heterocycles. The standard InChI is InChI=1S/C21H25N3O3S/c1-14-4-7-16(8-5-14)28-18-9-6-15(12-17(18)24(26)27)20(25)23-11-10-19(22)21(2,3)13-23/h4-9,12,19H,10-11,13,22H2,1-3H3. The molecule has 28 heavy (non-hydrogen) atoms. The zero-order valence-electron chi connectivity index (χ0n) is 16.3. The fourth-order valence-electron chi connectivity index (χ4n) is 3.34. The van der Waals surface area contributed by atoms with Crippen LogP contribution in [0.3, 0.4) is 0 Å². The van der Waals surface area contributed by atoms with Gasteiger partial charge in [-0.05, 0) is 43.0 Å². The Morgan fingerprint density at radius 2 is 1.93 bits per heavy atom. The summed E-state index contributed by atoms with van der Waals surface area (Å²) in [5.74, 6) is -0.185. The number of carbonyl (C=O) groups excluding carboxylic acids is 1. The van der Waals surface area contributed by atoms with Crippen molar-refractivity contribution in [1.29, 1.82) is 0 Å². The van der Waals surface area contributed by atoms with Gasteiger partial charge in [0, 0.05) is 35.7 Å². The number of carbonyl (C=O) groups is 1. The van der Waals surface area contributed by atoms with Gasteiger partial charge in [0.1, 0.15) is 0 Å². The first-order valence-corrected chi connectivity index (χ1v) is 10.1. The topological polar surface area (TPSA) is 89.5 Å². The minimum atomic E-state index is -0.427. The lowest BCUT2D eigenvalue weighted by Gasteiger charge is -2.42. The highest BCUT2D eigenvalue weighted by Gasteiger charge is 2.36. The molecule has 1 atom stereocenters. The Balaban J connectivity index is 1.85. The summed E-state index contributed by atoms with van der Waals surface area (Å²) < 4.78 is 0. The van der Waals surface area contributed by atoms with Crippen molar-refractivity contribution in [1.82, 2.24) is 4.90 Å². The maximum Gasteiger partial charge on any atom is 0.284 e. The zero-order chi connectivity index (χ0) is 20.5. The van der Waals surface area contributed by atoms with E-state index in [1.54, 1.807) is 17.0 Å². The van der Waals surface area contributed by atoms with Crippen molar-refractivity contribution in [2.24, 2.45) is 11.1 Å². The highest BCUT2D eigenvalue weighted by Crippen LogP contribution is 2.36. The molecule has 1 heterocycles. The van der Waals surface area contributed by atoms with Gasteiger partial charge >= 0.3 is 0 Å². The van der Waals surface area contributed by atoms with E-state index in [1.807, 2.05) is 45.0 Å².